The predicted octanol–water partition coefficient (Wildman–Crippen LogP) is 3.64. The molecule has 1 aliphatic heterocycles. The van der Waals surface area contributed by atoms with Crippen molar-refractivity contribution in [1.82, 2.24) is 15.0 Å². The van der Waals surface area contributed by atoms with E-state index in [1.807, 2.05) is 0 Å². The van der Waals surface area contributed by atoms with Crippen molar-refractivity contribution in [1.29, 1.82) is 0 Å². The first-order chi connectivity index (χ1) is 12.6. The van der Waals surface area contributed by atoms with Gasteiger partial charge in [-0.1, -0.05) is 24.1 Å². The number of para-hydroxylation sites is 1. The number of halogens is 2. The Balaban J connectivity index is 1.82. The van der Waals surface area contributed by atoms with Crippen LogP contribution < -0.4 is 5.32 Å². The minimum atomic E-state index is -0.827. The molecule has 1 aromatic heterocycles. The van der Waals surface area contributed by atoms with Crippen molar-refractivity contribution in [3.8, 4) is 0 Å². The number of carbonyl (C=O) groups is 1. The standard InChI is InChI=1S/C17H20F2N4O3/c1-25-10-14-20-16(22-26-14)13-8-3-2-4-9-23(13)17(24)21-15-11(18)6-5-7-12(15)19/h5-7,13H,2-4,8-10H2,1H3,(H,21,24)/t13-/m0/s1. The van der Waals surface area contributed by atoms with E-state index in [1.54, 1.807) is 0 Å². The molecule has 0 saturated carbocycles. The molecule has 9 heteroatoms. The Bertz CT molecular complexity index is 748. The van der Waals surface area contributed by atoms with Crippen molar-refractivity contribution in [3.05, 3.63) is 41.5 Å². The Hall–Kier alpha value is -2.55. The van der Waals surface area contributed by atoms with Crippen LogP contribution in [0.15, 0.2) is 22.7 Å². The van der Waals surface area contributed by atoms with E-state index in [9.17, 15) is 13.6 Å². The molecule has 1 saturated heterocycles. The highest BCUT2D eigenvalue weighted by molar-refractivity contribution is 5.89. The van der Waals surface area contributed by atoms with Crippen molar-refractivity contribution < 1.29 is 22.8 Å². The summed E-state index contributed by atoms with van der Waals surface area (Å²) in [4.78, 5) is 18.5. The molecule has 1 aromatic carbocycles. The molecule has 0 spiro atoms. The number of carbonyl (C=O) groups excluding carboxylic acids is 1. The number of nitrogens with one attached hydrogen (secondary N) is 1. The zero-order valence-corrected chi connectivity index (χ0v) is 14.4. The SMILES string of the molecule is COCc1nc([C@@H]2CCCCCN2C(=O)Nc2c(F)cccc2F)no1. The molecule has 1 fully saturated rings. The molecule has 2 heterocycles. The number of hydrogen-bond donors (Lipinski definition) is 1. The summed E-state index contributed by atoms with van der Waals surface area (Å²) >= 11 is 0. The van der Waals surface area contributed by atoms with Gasteiger partial charge in [0, 0.05) is 13.7 Å². The summed E-state index contributed by atoms with van der Waals surface area (Å²) in [5, 5.41) is 6.27. The highest BCUT2D eigenvalue weighted by atomic mass is 19.1. The molecule has 0 radical (unpaired) electrons. The average Bonchev–Trinajstić information content (AvgIpc) is 2.93. The van der Waals surface area contributed by atoms with Gasteiger partial charge in [-0.05, 0) is 25.0 Å². The zero-order valence-electron chi connectivity index (χ0n) is 14.4. The van der Waals surface area contributed by atoms with E-state index >= 15 is 0 Å². The van der Waals surface area contributed by atoms with Gasteiger partial charge in [0.1, 0.15) is 23.9 Å². The lowest BCUT2D eigenvalue weighted by molar-refractivity contribution is 0.151. The highest BCUT2D eigenvalue weighted by Crippen LogP contribution is 2.30. The number of ether oxygens (including phenoxy) is 1. The fourth-order valence-electron chi connectivity index (χ4n) is 3.00. The molecule has 0 aliphatic carbocycles. The van der Waals surface area contributed by atoms with Gasteiger partial charge >= 0.3 is 6.03 Å². The van der Waals surface area contributed by atoms with Crippen LogP contribution in [0.5, 0.6) is 0 Å². The molecule has 2 amide bonds. The van der Waals surface area contributed by atoms with Gasteiger partial charge in [-0.25, -0.2) is 13.6 Å². The summed E-state index contributed by atoms with van der Waals surface area (Å²) in [5.41, 5.74) is -0.464. The minimum Gasteiger partial charge on any atom is -0.375 e. The molecule has 7 nitrogen and oxygen atoms in total. The van der Waals surface area contributed by atoms with Crippen LogP contribution in [0.4, 0.5) is 19.3 Å². The Morgan fingerprint density at radius 1 is 1.35 bits per heavy atom. The normalized spacial score (nSPS) is 17.8. The number of aromatic nitrogens is 2. The van der Waals surface area contributed by atoms with E-state index < -0.39 is 29.4 Å². The van der Waals surface area contributed by atoms with Gasteiger partial charge in [0.05, 0.1) is 6.04 Å². The van der Waals surface area contributed by atoms with Crippen LogP contribution in [0, 0.1) is 11.6 Å². The van der Waals surface area contributed by atoms with E-state index in [-0.39, 0.29) is 6.61 Å². The number of nitrogens with zero attached hydrogens (tertiary/aromatic N) is 3. The van der Waals surface area contributed by atoms with Crippen LogP contribution in [0.2, 0.25) is 0 Å². The molecule has 26 heavy (non-hydrogen) atoms. The van der Waals surface area contributed by atoms with Gasteiger partial charge in [0.15, 0.2) is 5.82 Å². The third kappa shape index (κ3) is 3.98. The number of likely N-dealkylation sites (tertiary alicyclic amines) is 1. The zero-order chi connectivity index (χ0) is 18.5. The summed E-state index contributed by atoms with van der Waals surface area (Å²) < 4.78 is 37.8. The molecule has 1 atom stereocenters. The van der Waals surface area contributed by atoms with Crippen molar-refractivity contribution in [2.75, 3.05) is 19.0 Å². The third-order valence-electron chi connectivity index (χ3n) is 4.26. The molecule has 0 bridgehead atoms. The first-order valence-electron chi connectivity index (χ1n) is 8.43. The van der Waals surface area contributed by atoms with Gasteiger partial charge in [-0.15, -0.1) is 0 Å². The van der Waals surface area contributed by atoms with Crippen LogP contribution in [-0.4, -0.2) is 34.7 Å². The topological polar surface area (TPSA) is 80.5 Å². The van der Waals surface area contributed by atoms with E-state index in [0.717, 1.165) is 31.4 Å². The second-order valence-corrected chi connectivity index (χ2v) is 6.06. The van der Waals surface area contributed by atoms with E-state index in [2.05, 4.69) is 15.5 Å². The van der Waals surface area contributed by atoms with Gasteiger partial charge in [0.2, 0.25) is 0 Å². The Morgan fingerprint density at radius 2 is 2.12 bits per heavy atom. The number of rotatable bonds is 4. The molecule has 0 unspecified atom stereocenters. The Labute approximate surface area is 149 Å². The molecule has 3 rings (SSSR count). The third-order valence-corrected chi connectivity index (χ3v) is 4.26. The predicted molar refractivity (Wildman–Crippen MR) is 88.3 cm³/mol. The quantitative estimate of drug-likeness (QED) is 0.893. The number of urea groups is 1. The number of benzene rings is 1. The van der Waals surface area contributed by atoms with Crippen LogP contribution in [0.3, 0.4) is 0 Å². The number of hydrogen-bond acceptors (Lipinski definition) is 5. The first kappa shape index (κ1) is 18.2. The fraction of sp³-hybridized carbons (Fsp3) is 0.471. The highest BCUT2D eigenvalue weighted by Gasteiger charge is 2.31. The first-order valence-corrected chi connectivity index (χ1v) is 8.43. The van der Waals surface area contributed by atoms with Gasteiger partial charge in [-0.2, -0.15) is 4.98 Å². The lowest BCUT2D eigenvalue weighted by Crippen LogP contribution is -2.38. The summed E-state index contributed by atoms with van der Waals surface area (Å²) in [7, 11) is 1.51. The monoisotopic (exact) mass is 366 g/mol. The summed E-state index contributed by atoms with van der Waals surface area (Å²) in [5.74, 6) is -0.978. The average molecular weight is 366 g/mol. The lowest BCUT2D eigenvalue weighted by atomic mass is 10.1. The Morgan fingerprint density at radius 3 is 2.85 bits per heavy atom. The Kier molecular flexibility index (Phi) is 5.77. The van der Waals surface area contributed by atoms with Crippen LogP contribution in [0.1, 0.15) is 43.4 Å². The van der Waals surface area contributed by atoms with Crippen molar-refractivity contribution >= 4 is 11.7 Å². The maximum absolute atomic E-state index is 13.8. The summed E-state index contributed by atoms with van der Waals surface area (Å²) in [6.07, 6.45) is 3.25. The summed E-state index contributed by atoms with van der Waals surface area (Å²) in [6, 6.07) is 2.40. The van der Waals surface area contributed by atoms with Crippen LogP contribution in [-0.2, 0) is 11.3 Å². The van der Waals surface area contributed by atoms with E-state index in [4.69, 9.17) is 9.26 Å². The molecule has 1 N–H and O–H groups in total. The molecule has 2 aromatic rings. The molecule has 1 aliphatic rings. The van der Waals surface area contributed by atoms with Gasteiger partial charge in [0.25, 0.3) is 5.89 Å². The number of anilines is 1. The van der Waals surface area contributed by atoms with E-state index in [1.165, 1.54) is 18.1 Å². The number of methoxy groups -OCH3 is 1. The summed E-state index contributed by atoms with van der Waals surface area (Å²) in [6.45, 7) is 0.604. The van der Waals surface area contributed by atoms with Crippen molar-refractivity contribution in [3.63, 3.8) is 0 Å². The van der Waals surface area contributed by atoms with Crippen molar-refractivity contribution in [2.45, 2.75) is 38.3 Å². The smallest absolute Gasteiger partial charge is 0.322 e. The largest absolute Gasteiger partial charge is 0.375 e. The minimum absolute atomic E-state index is 0.173. The second-order valence-electron chi connectivity index (χ2n) is 6.06. The molecular formula is C17H20F2N4O3. The van der Waals surface area contributed by atoms with Crippen LogP contribution >= 0.6 is 0 Å². The van der Waals surface area contributed by atoms with Crippen LogP contribution in [0.25, 0.3) is 0 Å². The van der Waals surface area contributed by atoms with E-state index in [0.29, 0.717) is 24.7 Å². The second kappa shape index (κ2) is 8.22. The fourth-order valence-corrected chi connectivity index (χ4v) is 3.00. The maximum Gasteiger partial charge on any atom is 0.322 e. The maximum atomic E-state index is 13.8. The van der Waals surface area contributed by atoms with Gasteiger partial charge in [-0.3, -0.25) is 0 Å². The molecule has 140 valence electrons. The van der Waals surface area contributed by atoms with Gasteiger partial charge < -0.3 is 19.5 Å². The van der Waals surface area contributed by atoms with Crippen molar-refractivity contribution in [2.24, 2.45) is 0 Å². The lowest BCUT2D eigenvalue weighted by Gasteiger charge is -2.28. The molecular weight excluding hydrogens is 346 g/mol. The number of amides is 2.